The highest BCUT2D eigenvalue weighted by Gasteiger charge is 2.14. The molecule has 6 heteroatoms. The highest BCUT2D eigenvalue weighted by atomic mass is 32.2. The summed E-state index contributed by atoms with van der Waals surface area (Å²) in [5, 5.41) is 8.04. The third-order valence-electron chi connectivity index (χ3n) is 3.10. The Hall–Kier alpha value is -1.40. The lowest BCUT2D eigenvalue weighted by Gasteiger charge is -2.21. The highest BCUT2D eigenvalue weighted by Crippen LogP contribution is 2.19. The molecule has 0 spiro atoms. The monoisotopic (exact) mass is 295 g/mol. The minimum atomic E-state index is -0.279. The summed E-state index contributed by atoms with van der Waals surface area (Å²) in [6.45, 7) is 2.77. The number of thioether (sulfide) groups is 1. The molecule has 0 radical (unpaired) electrons. The fraction of sp³-hybridized carbons (Fsp3) is 0.429. The zero-order valence-electron chi connectivity index (χ0n) is 11.8. The number of hydrogen-bond acceptors (Lipinski definition) is 5. The number of nitrogens with zero attached hydrogens (tertiary/aromatic N) is 3. The molecule has 0 amide bonds. The molecule has 20 heavy (non-hydrogen) atoms. The second-order valence-corrected chi connectivity index (χ2v) is 5.64. The van der Waals surface area contributed by atoms with Crippen LogP contribution in [0, 0.1) is 5.82 Å². The van der Waals surface area contributed by atoms with Crippen LogP contribution in [0.4, 0.5) is 4.39 Å². The predicted molar refractivity (Wildman–Crippen MR) is 79.0 cm³/mol. The van der Waals surface area contributed by atoms with Gasteiger partial charge < -0.3 is 4.42 Å². The molecule has 0 saturated heterocycles. The van der Waals surface area contributed by atoms with Gasteiger partial charge in [-0.25, -0.2) is 4.39 Å². The Bertz CT molecular complexity index is 544. The summed E-state index contributed by atoms with van der Waals surface area (Å²) in [4.78, 5) is 2.17. The summed E-state index contributed by atoms with van der Waals surface area (Å²) in [6, 6.07) is 6.46. The zero-order chi connectivity index (χ0) is 14.5. The average Bonchev–Trinajstić information content (AvgIpc) is 2.88. The van der Waals surface area contributed by atoms with Crippen molar-refractivity contribution in [2.45, 2.75) is 19.5 Å². The molecule has 1 heterocycles. The van der Waals surface area contributed by atoms with Crippen LogP contribution < -0.4 is 0 Å². The van der Waals surface area contributed by atoms with E-state index in [-0.39, 0.29) is 5.82 Å². The number of aromatic nitrogens is 2. The van der Waals surface area contributed by atoms with Crippen molar-refractivity contribution in [2.24, 2.45) is 0 Å². The molecule has 0 aliphatic heterocycles. The van der Waals surface area contributed by atoms with Gasteiger partial charge in [0.1, 0.15) is 5.82 Å². The molecule has 0 fully saturated rings. The van der Waals surface area contributed by atoms with E-state index in [9.17, 15) is 4.39 Å². The second kappa shape index (κ2) is 6.85. The summed E-state index contributed by atoms with van der Waals surface area (Å²) in [7, 11) is 2.03. The van der Waals surface area contributed by atoms with E-state index in [1.165, 1.54) is 12.1 Å². The van der Waals surface area contributed by atoms with E-state index in [1.54, 1.807) is 12.1 Å². The summed E-state index contributed by atoms with van der Waals surface area (Å²) in [5.74, 6) is 1.76. The van der Waals surface area contributed by atoms with Gasteiger partial charge in [-0.2, -0.15) is 11.8 Å². The van der Waals surface area contributed by atoms with E-state index in [1.807, 2.05) is 18.8 Å². The highest BCUT2D eigenvalue weighted by molar-refractivity contribution is 7.98. The summed E-state index contributed by atoms with van der Waals surface area (Å²) < 4.78 is 18.5. The first-order valence-electron chi connectivity index (χ1n) is 6.37. The summed E-state index contributed by atoms with van der Waals surface area (Å²) in [5.41, 5.74) is 0.727. The molecule has 108 valence electrons. The average molecular weight is 295 g/mol. The summed E-state index contributed by atoms with van der Waals surface area (Å²) >= 11 is 1.81. The van der Waals surface area contributed by atoms with E-state index in [0.717, 1.165) is 11.3 Å². The molecular weight excluding hydrogens is 277 g/mol. The molecule has 0 aliphatic carbocycles. The van der Waals surface area contributed by atoms with Gasteiger partial charge in [-0.05, 0) is 44.5 Å². The fourth-order valence-electron chi connectivity index (χ4n) is 1.76. The molecule has 0 aliphatic rings. The van der Waals surface area contributed by atoms with Gasteiger partial charge in [0.2, 0.25) is 11.8 Å². The van der Waals surface area contributed by atoms with Crippen LogP contribution in [0.1, 0.15) is 12.8 Å². The van der Waals surface area contributed by atoms with Crippen LogP contribution >= 0.6 is 11.8 Å². The molecule has 2 rings (SSSR count). The minimum absolute atomic E-state index is 0.279. The van der Waals surface area contributed by atoms with Crippen molar-refractivity contribution < 1.29 is 8.81 Å². The van der Waals surface area contributed by atoms with Crippen LogP contribution in [0.5, 0.6) is 0 Å². The van der Waals surface area contributed by atoms with Gasteiger partial charge in [0, 0.05) is 17.4 Å². The maximum atomic E-state index is 12.9. The first-order valence-corrected chi connectivity index (χ1v) is 7.77. The van der Waals surface area contributed by atoms with Crippen molar-refractivity contribution in [1.82, 2.24) is 15.1 Å². The van der Waals surface area contributed by atoms with E-state index >= 15 is 0 Å². The number of hydrogen-bond donors (Lipinski definition) is 0. The van der Waals surface area contributed by atoms with Crippen molar-refractivity contribution in [3.8, 4) is 11.5 Å². The molecule has 4 nitrogen and oxygen atoms in total. The molecule has 1 aromatic heterocycles. The van der Waals surface area contributed by atoms with Crippen LogP contribution in [0.15, 0.2) is 28.7 Å². The standard InChI is InChI=1S/C14H18FN3OS/c1-10(9-20-3)18(2)8-13-16-17-14(19-13)11-4-6-12(15)7-5-11/h4-7,10H,8-9H2,1-3H3/t10-/m1/s1. The maximum absolute atomic E-state index is 12.9. The molecular formula is C14H18FN3OS. The Balaban J connectivity index is 2.03. The van der Waals surface area contributed by atoms with Gasteiger partial charge in [-0.3, -0.25) is 4.90 Å². The van der Waals surface area contributed by atoms with Crippen molar-refractivity contribution in [2.75, 3.05) is 19.1 Å². The Labute approximate surface area is 122 Å². The predicted octanol–water partition coefficient (Wildman–Crippen LogP) is 3.06. The molecule has 1 aromatic carbocycles. The van der Waals surface area contributed by atoms with Gasteiger partial charge >= 0.3 is 0 Å². The van der Waals surface area contributed by atoms with Crippen molar-refractivity contribution in [3.63, 3.8) is 0 Å². The van der Waals surface area contributed by atoms with E-state index in [4.69, 9.17) is 4.42 Å². The van der Waals surface area contributed by atoms with Crippen LogP contribution in [0.2, 0.25) is 0 Å². The Morgan fingerprint density at radius 3 is 2.65 bits per heavy atom. The molecule has 1 atom stereocenters. The van der Waals surface area contributed by atoms with Crippen LogP contribution in [0.25, 0.3) is 11.5 Å². The number of rotatable bonds is 6. The van der Waals surface area contributed by atoms with Gasteiger partial charge in [-0.15, -0.1) is 10.2 Å². The second-order valence-electron chi connectivity index (χ2n) is 4.73. The smallest absolute Gasteiger partial charge is 0.247 e. The fourth-order valence-corrected chi connectivity index (χ4v) is 2.50. The number of halogens is 1. The zero-order valence-corrected chi connectivity index (χ0v) is 12.7. The first-order chi connectivity index (χ1) is 9.60. The third kappa shape index (κ3) is 3.80. The Morgan fingerprint density at radius 1 is 1.30 bits per heavy atom. The van der Waals surface area contributed by atoms with Crippen molar-refractivity contribution in [3.05, 3.63) is 36.0 Å². The van der Waals surface area contributed by atoms with Crippen LogP contribution in [-0.2, 0) is 6.54 Å². The first kappa shape index (κ1) is 15.0. The lowest BCUT2D eigenvalue weighted by atomic mass is 10.2. The van der Waals surface area contributed by atoms with Crippen LogP contribution in [-0.4, -0.2) is 40.2 Å². The largest absolute Gasteiger partial charge is 0.419 e. The van der Waals surface area contributed by atoms with Gasteiger partial charge in [-0.1, -0.05) is 0 Å². The molecule has 0 N–H and O–H groups in total. The van der Waals surface area contributed by atoms with Crippen LogP contribution in [0.3, 0.4) is 0 Å². The minimum Gasteiger partial charge on any atom is -0.419 e. The lowest BCUT2D eigenvalue weighted by molar-refractivity contribution is 0.243. The van der Waals surface area contributed by atoms with E-state index < -0.39 is 0 Å². The molecule has 0 unspecified atom stereocenters. The number of benzene rings is 1. The van der Waals surface area contributed by atoms with Gasteiger partial charge in [0.25, 0.3) is 0 Å². The van der Waals surface area contributed by atoms with Gasteiger partial charge in [0.05, 0.1) is 6.54 Å². The topological polar surface area (TPSA) is 42.2 Å². The SMILES string of the molecule is CSC[C@@H](C)N(C)Cc1nnc(-c2ccc(F)cc2)o1. The molecule has 2 aromatic rings. The Morgan fingerprint density at radius 2 is 2.00 bits per heavy atom. The quantitative estimate of drug-likeness (QED) is 0.819. The maximum Gasteiger partial charge on any atom is 0.247 e. The molecule has 0 saturated carbocycles. The van der Waals surface area contributed by atoms with Crippen molar-refractivity contribution in [1.29, 1.82) is 0 Å². The lowest BCUT2D eigenvalue weighted by Crippen LogP contribution is -2.30. The van der Waals surface area contributed by atoms with Gasteiger partial charge in [0.15, 0.2) is 0 Å². The third-order valence-corrected chi connectivity index (χ3v) is 3.92. The molecule has 0 bridgehead atoms. The van der Waals surface area contributed by atoms with E-state index in [2.05, 4.69) is 28.3 Å². The van der Waals surface area contributed by atoms with E-state index in [0.29, 0.717) is 24.4 Å². The Kier molecular flexibility index (Phi) is 5.14. The summed E-state index contributed by atoms with van der Waals surface area (Å²) in [6.07, 6.45) is 2.09. The van der Waals surface area contributed by atoms with Crippen molar-refractivity contribution >= 4 is 11.8 Å². The normalized spacial score (nSPS) is 12.8.